The number of hydrogen-bond acceptors (Lipinski definition) is 2. The van der Waals surface area contributed by atoms with E-state index in [4.69, 9.17) is 16.0 Å². The van der Waals surface area contributed by atoms with Gasteiger partial charge in [0.2, 0.25) is 5.78 Å². The molecule has 0 bridgehead atoms. The van der Waals surface area contributed by atoms with Crippen LogP contribution in [0.25, 0.3) is 11.0 Å². The van der Waals surface area contributed by atoms with Gasteiger partial charge in [0.05, 0.1) is 0 Å². The van der Waals surface area contributed by atoms with Gasteiger partial charge >= 0.3 is 0 Å². The lowest BCUT2D eigenvalue weighted by atomic mass is 10.1. The third-order valence-corrected chi connectivity index (χ3v) is 3.27. The molecule has 3 heteroatoms. The second kappa shape index (κ2) is 4.04. The Labute approximate surface area is 104 Å². The Kier molecular flexibility index (Phi) is 2.52. The van der Waals surface area contributed by atoms with Crippen LogP contribution in [0.3, 0.4) is 0 Å². The van der Waals surface area contributed by atoms with E-state index in [0.29, 0.717) is 16.4 Å². The number of carbonyl (C=O) groups excluding carboxylic acids is 1. The number of allylic oxidation sites excluding steroid dienone is 2. The number of ketones is 1. The summed E-state index contributed by atoms with van der Waals surface area (Å²) in [5, 5.41) is 1.52. The van der Waals surface area contributed by atoms with Crippen LogP contribution in [0.15, 0.2) is 40.3 Å². The zero-order valence-corrected chi connectivity index (χ0v) is 9.96. The van der Waals surface area contributed by atoms with Crippen molar-refractivity contribution in [3.05, 3.63) is 46.7 Å². The minimum Gasteiger partial charge on any atom is -0.453 e. The number of rotatable bonds is 2. The smallest absolute Gasteiger partial charge is 0.223 e. The first-order valence-corrected chi connectivity index (χ1v) is 6.05. The molecule has 17 heavy (non-hydrogen) atoms. The summed E-state index contributed by atoms with van der Waals surface area (Å²) < 4.78 is 5.55. The third-order valence-electron chi connectivity index (χ3n) is 3.03. The van der Waals surface area contributed by atoms with Crippen LogP contribution in [-0.4, -0.2) is 5.78 Å². The maximum atomic E-state index is 12.1. The zero-order chi connectivity index (χ0) is 11.8. The molecule has 0 N–H and O–H groups in total. The highest BCUT2D eigenvalue weighted by Gasteiger charge is 2.19. The highest BCUT2D eigenvalue weighted by molar-refractivity contribution is 6.31. The first-order chi connectivity index (χ1) is 8.24. The molecule has 86 valence electrons. The monoisotopic (exact) mass is 246 g/mol. The summed E-state index contributed by atoms with van der Waals surface area (Å²) in [6.07, 6.45) is 4.92. The summed E-state index contributed by atoms with van der Waals surface area (Å²) in [4.78, 5) is 12.1. The van der Waals surface area contributed by atoms with Crippen LogP contribution < -0.4 is 0 Å². The molecule has 1 aliphatic carbocycles. The highest BCUT2D eigenvalue weighted by atomic mass is 35.5. The fraction of sp³-hybridized carbons (Fsp3) is 0.214. The predicted molar refractivity (Wildman–Crippen MR) is 67.5 cm³/mol. The van der Waals surface area contributed by atoms with Crippen molar-refractivity contribution in [2.45, 2.75) is 19.3 Å². The molecule has 2 nitrogen and oxygen atoms in total. The molecule has 1 aliphatic rings. The lowest BCUT2D eigenvalue weighted by Crippen LogP contribution is -1.99. The summed E-state index contributed by atoms with van der Waals surface area (Å²) in [6, 6.07) is 7.12. The second-order valence-electron chi connectivity index (χ2n) is 4.24. The maximum absolute atomic E-state index is 12.1. The molecule has 0 saturated heterocycles. The minimum atomic E-state index is 0.00909. The molecule has 2 aromatic rings. The number of benzene rings is 1. The van der Waals surface area contributed by atoms with E-state index in [9.17, 15) is 4.79 Å². The van der Waals surface area contributed by atoms with E-state index in [2.05, 4.69) is 0 Å². The first kappa shape index (κ1) is 10.6. The molecule has 1 aromatic carbocycles. The van der Waals surface area contributed by atoms with Gasteiger partial charge in [-0.25, -0.2) is 0 Å². The number of halogens is 1. The SMILES string of the molecule is O=C(C1=CCCC1)c1cc2cc(Cl)ccc2o1. The minimum absolute atomic E-state index is 0.00909. The lowest BCUT2D eigenvalue weighted by Gasteiger charge is -1.95. The molecule has 0 fully saturated rings. The molecule has 0 radical (unpaired) electrons. The van der Waals surface area contributed by atoms with Crippen LogP contribution in [0.5, 0.6) is 0 Å². The number of carbonyl (C=O) groups is 1. The van der Waals surface area contributed by atoms with Gasteiger partial charge < -0.3 is 4.42 Å². The summed E-state index contributed by atoms with van der Waals surface area (Å²) in [5.74, 6) is 0.422. The van der Waals surface area contributed by atoms with E-state index in [1.807, 2.05) is 6.08 Å². The fourth-order valence-corrected chi connectivity index (χ4v) is 2.34. The molecule has 0 amide bonds. The maximum Gasteiger partial charge on any atom is 0.223 e. The predicted octanol–water partition coefficient (Wildman–Crippen LogP) is 4.38. The summed E-state index contributed by atoms with van der Waals surface area (Å²) in [6.45, 7) is 0. The average Bonchev–Trinajstić information content (AvgIpc) is 2.96. The van der Waals surface area contributed by atoms with Crippen molar-refractivity contribution in [2.75, 3.05) is 0 Å². The van der Waals surface area contributed by atoms with Crippen molar-refractivity contribution in [2.24, 2.45) is 0 Å². The van der Waals surface area contributed by atoms with Crippen LogP contribution in [-0.2, 0) is 0 Å². The van der Waals surface area contributed by atoms with Crippen LogP contribution >= 0.6 is 11.6 Å². The molecular formula is C14H11ClO2. The Morgan fingerprint density at radius 1 is 1.29 bits per heavy atom. The highest BCUT2D eigenvalue weighted by Crippen LogP contribution is 2.27. The van der Waals surface area contributed by atoms with Gasteiger partial charge in [0.25, 0.3) is 0 Å². The number of Topliss-reactive ketones (excluding diaryl/α,β-unsaturated/α-hetero) is 1. The van der Waals surface area contributed by atoms with Gasteiger partial charge in [-0.05, 0) is 49.1 Å². The largest absolute Gasteiger partial charge is 0.453 e. The van der Waals surface area contributed by atoms with E-state index in [1.54, 1.807) is 24.3 Å². The number of fused-ring (bicyclic) bond motifs is 1. The van der Waals surface area contributed by atoms with Crippen LogP contribution in [0.2, 0.25) is 5.02 Å². The molecule has 1 heterocycles. The van der Waals surface area contributed by atoms with E-state index in [-0.39, 0.29) is 5.78 Å². The van der Waals surface area contributed by atoms with Gasteiger partial charge in [-0.3, -0.25) is 4.79 Å². The van der Waals surface area contributed by atoms with Gasteiger partial charge in [-0.1, -0.05) is 17.7 Å². The van der Waals surface area contributed by atoms with Gasteiger partial charge in [0.1, 0.15) is 5.58 Å². The van der Waals surface area contributed by atoms with Gasteiger partial charge in [0.15, 0.2) is 5.76 Å². The van der Waals surface area contributed by atoms with E-state index < -0.39 is 0 Å². The normalized spacial score (nSPS) is 15.2. The van der Waals surface area contributed by atoms with Crippen molar-refractivity contribution in [3.8, 4) is 0 Å². The molecule has 0 aliphatic heterocycles. The molecule has 0 spiro atoms. The summed E-state index contributed by atoms with van der Waals surface area (Å²) >= 11 is 5.90. The molecule has 0 saturated carbocycles. The molecule has 3 rings (SSSR count). The topological polar surface area (TPSA) is 30.2 Å². The van der Waals surface area contributed by atoms with Crippen LogP contribution in [0.4, 0.5) is 0 Å². The standard InChI is InChI=1S/C14H11ClO2/c15-11-5-6-12-10(7-11)8-13(17-12)14(16)9-3-1-2-4-9/h3,5-8H,1-2,4H2. The van der Waals surface area contributed by atoms with Gasteiger partial charge in [-0.15, -0.1) is 0 Å². The molecular weight excluding hydrogens is 236 g/mol. The Bertz CT molecular complexity index is 622. The van der Waals surface area contributed by atoms with Gasteiger partial charge in [0, 0.05) is 10.4 Å². The van der Waals surface area contributed by atoms with E-state index in [1.165, 1.54) is 0 Å². The molecule has 1 aromatic heterocycles. The van der Waals surface area contributed by atoms with Crippen molar-refractivity contribution < 1.29 is 9.21 Å². The molecule has 0 atom stereocenters. The quantitative estimate of drug-likeness (QED) is 0.736. The van der Waals surface area contributed by atoms with Crippen molar-refractivity contribution in [1.82, 2.24) is 0 Å². The summed E-state index contributed by atoms with van der Waals surface area (Å²) in [7, 11) is 0. The van der Waals surface area contributed by atoms with Crippen molar-refractivity contribution in [1.29, 1.82) is 0 Å². The zero-order valence-electron chi connectivity index (χ0n) is 9.20. The van der Waals surface area contributed by atoms with Crippen molar-refractivity contribution >= 4 is 28.4 Å². The van der Waals surface area contributed by atoms with E-state index >= 15 is 0 Å². The first-order valence-electron chi connectivity index (χ1n) is 5.67. The Morgan fingerprint density at radius 3 is 2.94 bits per heavy atom. The van der Waals surface area contributed by atoms with Crippen LogP contribution in [0.1, 0.15) is 29.8 Å². The van der Waals surface area contributed by atoms with Gasteiger partial charge in [-0.2, -0.15) is 0 Å². The fourth-order valence-electron chi connectivity index (χ4n) is 2.16. The Morgan fingerprint density at radius 2 is 2.18 bits per heavy atom. The average molecular weight is 247 g/mol. The summed E-state index contributed by atoms with van der Waals surface area (Å²) in [5.41, 5.74) is 1.58. The number of hydrogen-bond donors (Lipinski definition) is 0. The van der Waals surface area contributed by atoms with Crippen molar-refractivity contribution in [3.63, 3.8) is 0 Å². The number of furan rings is 1. The Hall–Kier alpha value is -1.54. The third kappa shape index (κ3) is 1.89. The van der Waals surface area contributed by atoms with Crippen LogP contribution in [0, 0.1) is 0 Å². The Balaban J connectivity index is 2.03. The second-order valence-corrected chi connectivity index (χ2v) is 4.68. The van der Waals surface area contributed by atoms with E-state index in [0.717, 1.165) is 30.2 Å². The lowest BCUT2D eigenvalue weighted by molar-refractivity contribution is 0.100. The molecule has 0 unspecified atom stereocenters.